The van der Waals surface area contributed by atoms with E-state index in [9.17, 15) is 9.90 Å². The SMILES string of the molecule is O=C(Nc1cccnc1)c1ccc(-c2ccnc(Nc3cccc(CCN4CCC(O)CC4)c3)n2)s1. The Kier molecular flexibility index (Phi) is 7.61. The maximum atomic E-state index is 12.6. The third-order valence-electron chi connectivity index (χ3n) is 6.11. The van der Waals surface area contributed by atoms with Crippen molar-refractivity contribution >= 4 is 34.6 Å². The molecule has 8 nitrogen and oxygen atoms in total. The largest absolute Gasteiger partial charge is 0.393 e. The first kappa shape index (κ1) is 24.1. The van der Waals surface area contributed by atoms with Crippen molar-refractivity contribution < 1.29 is 9.90 Å². The van der Waals surface area contributed by atoms with E-state index in [2.05, 4.69) is 42.6 Å². The lowest BCUT2D eigenvalue weighted by molar-refractivity contribution is 0.0832. The molecule has 1 aromatic carbocycles. The van der Waals surface area contributed by atoms with Gasteiger partial charge in [0.1, 0.15) is 0 Å². The minimum absolute atomic E-state index is 0.144. The summed E-state index contributed by atoms with van der Waals surface area (Å²) >= 11 is 1.38. The fraction of sp³-hybridized carbons (Fsp3) is 0.259. The van der Waals surface area contributed by atoms with Crippen molar-refractivity contribution in [2.24, 2.45) is 0 Å². The lowest BCUT2D eigenvalue weighted by atomic mass is 10.1. The van der Waals surface area contributed by atoms with Crippen LogP contribution in [0.25, 0.3) is 10.6 Å². The van der Waals surface area contributed by atoms with Crippen molar-refractivity contribution in [1.29, 1.82) is 0 Å². The number of nitrogens with one attached hydrogen (secondary N) is 2. The number of thiophene rings is 1. The summed E-state index contributed by atoms with van der Waals surface area (Å²) in [5.74, 6) is 0.327. The molecule has 0 saturated carbocycles. The standard InChI is InChI=1S/C27H28N6O2S/c34-22-10-15-33(16-11-22)14-9-19-3-1-4-20(17-19)31-27-29-13-8-23(32-27)24-6-7-25(36-24)26(35)30-21-5-2-12-28-18-21/h1-8,12-13,17-18,22,34H,9-11,14-16H2,(H,30,35)(H,29,31,32). The summed E-state index contributed by atoms with van der Waals surface area (Å²) in [5, 5.41) is 15.9. The minimum atomic E-state index is -0.177. The number of hydrogen-bond donors (Lipinski definition) is 3. The van der Waals surface area contributed by atoms with Gasteiger partial charge in [0.2, 0.25) is 5.95 Å². The summed E-state index contributed by atoms with van der Waals surface area (Å²) in [6.45, 7) is 2.89. The van der Waals surface area contributed by atoms with E-state index in [1.807, 2.05) is 24.3 Å². The molecule has 4 aromatic rings. The molecule has 9 heteroatoms. The molecule has 0 aliphatic carbocycles. The van der Waals surface area contributed by atoms with Gasteiger partial charge in [0, 0.05) is 37.7 Å². The topological polar surface area (TPSA) is 103 Å². The Hall–Kier alpha value is -3.66. The number of carbonyl (C=O) groups excluding carboxylic acids is 1. The molecule has 1 aliphatic rings. The maximum absolute atomic E-state index is 12.6. The Balaban J connectivity index is 1.21. The second-order valence-electron chi connectivity index (χ2n) is 8.77. The fourth-order valence-corrected chi connectivity index (χ4v) is 5.02. The van der Waals surface area contributed by atoms with Gasteiger partial charge >= 0.3 is 0 Å². The van der Waals surface area contributed by atoms with Crippen molar-refractivity contribution in [2.75, 3.05) is 30.3 Å². The molecule has 0 radical (unpaired) electrons. The molecule has 0 spiro atoms. The predicted molar refractivity (Wildman–Crippen MR) is 143 cm³/mol. The number of likely N-dealkylation sites (tertiary alicyclic amines) is 1. The molecule has 5 rings (SSSR count). The molecule has 3 N–H and O–H groups in total. The fourth-order valence-electron chi connectivity index (χ4n) is 4.15. The van der Waals surface area contributed by atoms with Crippen LogP contribution >= 0.6 is 11.3 Å². The van der Waals surface area contributed by atoms with Crippen LogP contribution in [0.2, 0.25) is 0 Å². The average molecular weight is 501 g/mol. The number of aliphatic hydroxyl groups is 1. The first-order valence-electron chi connectivity index (χ1n) is 12.0. The highest BCUT2D eigenvalue weighted by Gasteiger charge is 2.16. The van der Waals surface area contributed by atoms with Gasteiger partial charge in [0.25, 0.3) is 5.91 Å². The Morgan fingerprint density at radius 1 is 1.06 bits per heavy atom. The first-order valence-corrected chi connectivity index (χ1v) is 12.8. The molecule has 1 saturated heterocycles. The van der Waals surface area contributed by atoms with Crippen LogP contribution in [0.5, 0.6) is 0 Å². The molecule has 36 heavy (non-hydrogen) atoms. The molecule has 0 bridgehead atoms. The Morgan fingerprint density at radius 2 is 1.92 bits per heavy atom. The zero-order chi connectivity index (χ0) is 24.7. The van der Waals surface area contributed by atoms with Crippen molar-refractivity contribution in [2.45, 2.75) is 25.4 Å². The number of rotatable bonds is 8. The van der Waals surface area contributed by atoms with E-state index < -0.39 is 0 Å². The monoisotopic (exact) mass is 500 g/mol. The lowest BCUT2D eigenvalue weighted by Crippen LogP contribution is -2.37. The van der Waals surface area contributed by atoms with Crippen molar-refractivity contribution in [1.82, 2.24) is 19.9 Å². The number of carbonyl (C=O) groups is 1. The van der Waals surface area contributed by atoms with Crippen molar-refractivity contribution in [3.8, 4) is 10.6 Å². The van der Waals surface area contributed by atoms with Gasteiger partial charge < -0.3 is 20.6 Å². The van der Waals surface area contributed by atoms with Gasteiger partial charge in [-0.15, -0.1) is 11.3 Å². The first-order chi connectivity index (χ1) is 17.6. The second kappa shape index (κ2) is 11.4. The molecule has 184 valence electrons. The van der Waals surface area contributed by atoms with Gasteiger partial charge in [-0.2, -0.15) is 0 Å². The van der Waals surface area contributed by atoms with Crippen LogP contribution < -0.4 is 10.6 Å². The zero-order valence-electron chi connectivity index (χ0n) is 19.8. The highest BCUT2D eigenvalue weighted by atomic mass is 32.1. The van der Waals surface area contributed by atoms with Crippen LogP contribution in [0.15, 0.2) is 73.2 Å². The lowest BCUT2D eigenvalue weighted by Gasteiger charge is -2.29. The Bertz CT molecular complexity index is 1300. The van der Waals surface area contributed by atoms with Gasteiger partial charge in [-0.1, -0.05) is 12.1 Å². The number of anilines is 3. The number of hydrogen-bond acceptors (Lipinski definition) is 8. The summed E-state index contributed by atoms with van der Waals surface area (Å²) in [5.41, 5.74) is 3.58. The smallest absolute Gasteiger partial charge is 0.265 e. The molecule has 1 fully saturated rings. The number of aliphatic hydroxyl groups excluding tert-OH is 1. The highest BCUT2D eigenvalue weighted by molar-refractivity contribution is 7.17. The number of amides is 1. The van der Waals surface area contributed by atoms with Crippen LogP contribution in [-0.4, -0.2) is 56.6 Å². The number of pyridine rings is 1. The summed E-state index contributed by atoms with van der Waals surface area (Å²) in [4.78, 5) is 29.5. The maximum Gasteiger partial charge on any atom is 0.265 e. The van der Waals surface area contributed by atoms with E-state index in [-0.39, 0.29) is 12.0 Å². The molecule has 3 aromatic heterocycles. The molecular weight excluding hydrogens is 472 g/mol. The summed E-state index contributed by atoms with van der Waals surface area (Å²) < 4.78 is 0. The van der Waals surface area contributed by atoms with E-state index in [4.69, 9.17) is 0 Å². The number of nitrogens with zero attached hydrogens (tertiary/aromatic N) is 4. The van der Waals surface area contributed by atoms with Gasteiger partial charge in [0.05, 0.1) is 33.4 Å². The van der Waals surface area contributed by atoms with Crippen LogP contribution in [0.4, 0.5) is 17.3 Å². The highest BCUT2D eigenvalue weighted by Crippen LogP contribution is 2.28. The van der Waals surface area contributed by atoms with Crippen LogP contribution in [0.3, 0.4) is 0 Å². The van der Waals surface area contributed by atoms with Crippen LogP contribution in [0.1, 0.15) is 28.1 Å². The van der Waals surface area contributed by atoms with Crippen molar-refractivity contribution in [3.63, 3.8) is 0 Å². The van der Waals surface area contributed by atoms with Crippen LogP contribution in [-0.2, 0) is 6.42 Å². The summed E-state index contributed by atoms with van der Waals surface area (Å²) in [6.07, 6.45) is 7.52. The predicted octanol–water partition coefficient (Wildman–Crippen LogP) is 4.60. The number of piperidine rings is 1. The average Bonchev–Trinajstić information content (AvgIpc) is 3.40. The van der Waals surface area contributed by atoms with Crippen molar-refractivity contribution in [3.05, 3.63) is 83.6 Å². The third kappa shape index (κ3) is 6.31. The normalized spacial score (nSPS) is 14.5. The number of aromatic nitrogens is 3. The van der Waals surface area contributed by atoms with E-state index in [1.54, 1.807) is 36.8 Å². The molecule has 4 heterocycles. The van der Waals surface area contributed by atoms with Gasteiger partial charge in [-0.3, -0.25) is 9.78 Å². The van der Waals surface area contributed by atoms with E-state index in [0.29, 0.717) is 16.5 Å². The minimum Gasteiger partial charge on any atom is -0.393 e. The zero-order valence-corrected chi connectivity index (χ0v) is 20.6. The van der Waals surface area contributed by atoms with Crippen LogP contribution in [0, 0.1) is 0 Å². The van der Waals surface area contributed by atoms with Gasteiger partial charge in [-0.05, 0) is 67.3 Å². The van der Waals surface area contributed by atoms with E-state index in [0.717, 1.165) is 55.2 Å². The van der Waals surface area contributed by atoms with Gasteiger partial charge in [0.15, 0.2) is 0 Å². The summed E-state index contributed by atoms with van der Waals surface area (Å²) in [7, 11) is 0. The third-order valence-corrected chi connectivity index (χ3v) is 7.22. The van der Waals surface area contributed by atoms with E-state index >= 15 is 0 Å². The van der Waals surface area contributed by atoms with E-state index in [1.165, 1.54) is 16.9 Å². The molecule has 1 amide bonds. The van der Waals surface area contributed by atoms with Gasteiger partial charge in [-0.25, -0.2) is 9.97 Å². The Morgan fingerprint density at radius 3 is 2.75 bits per heavy atom. The quantitative estimate of drug-likeness (QED) is 0.325. The second-order valence-corrected chi connectivity index (χ2v) is 9.86. The molecular formula is C27H28N6O2S. The molecule has 1 aliphatic heterocycles. The number of benzene rings is 1. The molecule has 0 unspecified atom stereocenters. The summed E-state index contributed by atoms with van der Waals surface area (Å²) in [6, 6.07) is 17.4. The Labute approximate surface area is 214 Å². The molecule has 0 atom stereocenters.